The molecule has 1 aromatic rings. The molecular weight excluding hydrogens is 290 g/mol. The summed E-state index contributed by atoms with van der Waals surface area (Å²) in [5, 5.41) is 2.57. The molecule has 0 fully saturated rings. The van der Waals surface area contributed by atoms with Gasteiger partial charge in [-0.05, 0) is 24.6 Å². The van der Waals surface area contributed by atoms with Crippen molar-refractivity contribution in [1.29, 1.82) is 0 Å². The first kappa shape index (κ1) is 17.0. The lowest BCUT2D eigenvalue weighted by atomic mass is 10.0. The molecule has 0 amide bonds. The SMILES string of the molecule is C#CCNC(C(=O)OCC)c1ccc(F)c(C(F)(F)F)c1. The van der Waals surface area contributed by atoms with Crippen molar-refractivity contribution in [3.8, 4) is 12.3 Å². The Balaban J connectivity index is 3.19. The van der Waals surface area contributed by atoms with E-state index in [1.54, 1.807) is 6.92 Å². The Bertz CT molecular complexity index is 549. The molecule has 1 unspecified atom stereocenters. The normalized spacial score (nSPS) is 12.6. The van der Waals surface area contributed by atoms with Crippen LogP contribution in [0.5, 0.6) is 0 Å². The van der Waals surface area contributed by atoms with E-state index >= 15 is 0 Å². The molecule has 0 aliphatic heterocycles. The molecule has 0 saturated carbocycles. The smallest absolute Gasteiger partial charge is 0.419 e. The minimum atomic E-state index is -4.86. The van der Waals surface area contributed by atoms with E-state index in [1.807, 2.05) is 0 Å². The molecule has 0 aliphatic rings. The van der Waals surface area contributed by atoms with Gasteiger partial charge in [0.25, 0.3) is 0 Å². The Kier molecular flexibility index (Phi) is 5.73. The number of hydrogen-bond acceptors (Lipinski definition) is 3. The lowest BCUT2D eigenvalue weighted by Gasteiger charge is -2.18. The van der Waals surface area contributed by atoms with Crippen LogP contribution in [0.15, 0.2) is 18.2 Å². The first-order chi connectivity index (χ1) is 9.81. The van der Waals surface area contributed by atoms with Gasteiger partial charge in [0.15, 0.2) is 0 Å². The van der Waals surface area contributed by atoms with Gasteiger partial charge in [-0.1, -0.05) is 12.0 Å². The Morgan fingerprint density at radius 3 is 2.67 bits per heavy atom. The highest BCUT2D eigenvalue weighted by Crippen LogP contribution is 2.33. The van der Waals surface area contributed by atoms with Crippen LogP contribution in [-0.2, 0) is 15.7 Å². The lowest BCUT2D eigenvalue weighted by molar-refractivity contribution is -0.146. The maximum atomic E-state index is 13.2. The van der Waals surface area contributed by atoms with Crippen molar-refractivity contribution in [3.05, 3.63) is 35.1 Å². The van der Waals surface area contributed by atoms with E-state index in [4.69, 9.17) is 11.2 Å². The van der Waals surface area contributed by atoms with E-state index in [0.717, 1.165) is 6.07 Å². The fourth-order valence-electron chi connectivity index (χ4n) is 1.66. The zero-order valence-corrected chi connectivity index (χ0v) is 11.1. The lowest BCUT2D eigenvalue weighted by Crippen LogP contribution is -2.31. The summed E-state index contributed by atoms with van der Waals surface area (Å²) >= 11 is 0. The second-order valence-electron chi connectivity index (χ2n) is 4.01. The maximum Gasteiger partial charge on any atom is 0.419 e. The largest absolute Gasteiger partial charge is 0.465 e. The quantitative estimate of drug-likeness (QED) is 0.516. The third-order valence-corrected chi connectivity index (χ3v) is 2.56. The summed E-state index contributed by atoms with van der Waals surface area (Å²) in [7, 11) is 0. The van der Waals surface area contributed by atoms with Crippen LogP contribution in [-0.4, -0.2) is 19.1 Å². The molecule has 7 heteroatoms. The average Bonchev–Trinajstić information content (AvgIpc) is 2.39. The molecule has 0 aliphatic carbocycles. The van der Waals surface area contributed by atoms with Crippen LogP contribution >= 0.6 is 0 Å². The van der Waals surface area contributed by atoms with Crippen molar-refractivity contribution in [2.75, 3.05) is 13.2 Å². The number of nitrogens with one attached hydrogen (secondary N) is 1. The number of carbonyl (C=O) groups excluding carboxylic acids is 1. The number of esters is 1. The number of halogens is 4. The average molecular weight is 303 g/mol. The molecule has 21 heavy (non-hydrogen) atoms. The van der Waals surface area contributed by atoms with Gasteiger partial charge in [0.05, 0.1) is 18.7 Å². The highest BCUT2D eigenvalue weighted by Gasteiger charge is 2.35. The van der Waals surface area contributed by atoms with E-state index in [1.165, 1.54) is 0 Å². The molecule has 0 spiro atoms. The van der Waals surface area contributed by atoms with Crippen LogP contribution in [0.2, 0.25) is 0 Å². The summed E-state index contributed by atoms with van der Waals surface area (Å²) in [6.07, 6.45) is 0.192. The van der Waals surface area contributed by atoms with Crippen LogP contribution < -0.4 is 5.32 Å². The topological polar surface area (TPSA) is 38.3 Å². The van der Waals surface area contributed by atoms with Gasteiger partial charge in [-0.2, -0.15) is 13.2 Å². The van der Waals surface area contributed by atoms with E-state index in [0.29, 0.717) is 12.1 Å². The first-order valence-corrected chi connectivity index (χ1v) is 6.01. The minimum absolute atomic E-state index is 0.0534. The minimum Gasteiger partial charge on any atom is -0.465 e. The van der Waals surface area contributed by atoms with Gasteiger partial charge in [0.1, 0.15) is 11.9 Å². The second kappa shape index (κ2) is 7.09. The third-order valence-electron chi connectivity index (χ3n) is 2.56. The van der Waals surface area contributed by atoms with E-state index in [-0.39, 0.29) is 18.7 Å². The van der Waals surface area contributed by atoms with E-state index in [2.05, 4.69) is 11.2 Å². The summed E-state index contributed by atoms with van der Waals surface area (Å²) < 4.78 is 56.1. The second-order valence-corrected chi connectivity index (χ2v) is 4.01. The summed E-state index contributed by atoms with van der Waals surface area (Å²) in [6.45, 7) is 1.56. The maximum absolute atomic E-state index is 13.2. The summed E-state index contributed by atoms with van der Waals surface area (Å²) in [5.41, 5.74) is -1.52. The highest BCUT2D eigenvalue weighted by molar-refractivity contribution is 5.77. The number of rotatable bonds is 5. The van der Waals surface area contributed by atoms with Crippen LogP contribution in [0.4, 0.5) is 17.6 Å². The van der Waals surface area contributed by atoms with Gasteiger partial charge < -0.3 is 4.74 Å². The summed E-state index contributed by atoms with van der Waals surface area (Å²) in [5.74, 6) is 0.00994. The van der Waals surface area contributed by atoms with Gasteiger partial charge >= 0.3 is 12.1 Å². The van der Waals surface area contributed by atoms with Crippen molar-refractivity contribution >= 4 is 5.97 Å². The first-order valence-electron chi connectivity index (χ1n) is 6.01. The highest BCUT2D eigenvalue weighted by atomic mass is 19.4. The fourth-order valence-corrected chi connectivity index (χ4v) is 1.66. The molecule has 1 N–H and O–H groups in total. The molecule has 0 heterocycles. The van der Waals surface area contributed by atoms with Crippen molar-refractivity contribution in [3.63, 3.8) is 0 Å². The molecule has 114 valence electrons. The fraction of sp³-hybridized carbons (Fsp3) is 0.357. The molecule has 1 aromatic carbocycles. The predicted octanol–water partition coefficient (Wildman–Crippen LogP) is 2.67. The molecular formula is C14H13F4NO2. The summed E-state index contributed by atoms with van der Waals surface area (Å²) in [6, 6.07) is 1.11. The monoisotopic (exact) mass is 303 g/mol. The van der Waals surface area contributed by atoms with Gasteiger partial charge in [0, 0.05) is 0 Å². The van der Waals surface area contributed by atoms with E-state index < -0.39 is 29.6 Å². The van der Waals surface area contributed by atoms with Crippen LogP contribution in [0.3, 0.4) is 0 Å². The molecule has 0 saturated heterocycles. The number of benzene rings is 1. The Labute approximate surface area is 119 Å². The molecule has 3 nitrogen and oxygen atoms in total. The zero-order valence-electron chi connectivity index (χ0n) is 11.1. The molecule has 1 atom stereocenters. The Morgan fingerprint density at radius 2 is 2.14 bits per heavy atom. The standard InChI is InChI=1S/C14H13F4NO2/c1-3-7-19-12(13(20)21-4-2)9-5-6-11(15)10(8-9)14(16,17)18/h1,5-6,8,12,19H,4,7H2,2H3. The number of hydrogen-bond donors (Lipinski definition) is 1. The van der Waals surface area contributed by atoms with Crippen LogP contribution in [0.1, 0.15) is 24.1 Å². The van der Waals surface area contributed by atoms with Gasteiger partial charge in [-0.25, -0.2) is 9.18 Å². The third kappa shape index (κ3) is 4.46. The van der Waals surface area contributed by atoms with Crippen molar-refractivity contribution < 1.29 is 27.1 Å². The number of ether oxygens (including phenoxy) is 1. The number of alkyl halides is 3. The number of terminal acetylenes is 1. The molecule has 0 bridgehead atoms. The molecule has 1 rings (SSSR count). The zero-order chi connectivity index (χ0) is 16.0. The van der Waals surface area contributed by atoms with Crippen molar-refractivity contribution in [2.45, 2.75) is 19.1 Å². The van der Waals surface area contributed by atoms with Gasteiger partial charge in [0.2, 0.25) is 0 Å². The van der Waals surface area contributed by atoms with Crippen molar-refractivity contribution in [1.82, 2.24) is 5.32 Å². The summed E-state index contributed by atoms with van der Waals surface area (Å²) in [4.78, 5) is 11.8. The number of carbonyl (C=O) groups is 1. The molecule has 0 radical (unpaired) electrons. The van der Waals surface area contributed by atoms with Gasteiger partial charge in [-0.3, -0.25) is 5.32 Å². The Hall–Kier alpha value is -2.07. The Morgan fingerprint density at radius 1 is 1.48 bits per heavy atom. The van der Waals surface area contributed by atoms with Crippen molar-refractivity contribution in [2.24, 2.45) is 0 Å². The molecule has 0 aromatic heterocycles. The van der Waals surface area contributed by atoms with Crippen LogP contribution in [0, 0.1) is 18.2 Å². The van der Waals surface area contributed by atoms with Gasteiger partial charge in [-0.15, -0.1) is 6.42 Å². The van der Waals surface area contributed by atoms with E-state index in [9.17, 15) is 22.4 Å². The predicted molar refractivity (Wildman–Crippen MR) is 67.6 cm³/mol. The van der Waals surface area contributed by atoms with Crippen LogP contribution in [0.25, 0.3) is 0 Å².